The van der Waals surface area contributed by atoms with Crippen LogP contribution in [0, 0.1) is 5.82 Å². The Morgan fingerprint density at radius 2 is 2.04 bits per heavy atom. The minimum Gasteiger partial charge on any atom is -0.354 e. The zero-order valence-corrected chi connectivity index (χ0v) is 15.7. The summed E-state index contributed by atoms with van der Waals surface area (Å²) in [6.07, 6.45) is 1.30. The van der Waals surface area contributed by atoms with Crippen LogP contribution in [0.2, 0.25) is 5.02 Å². The van der Waals surface area contributed by atoms with Crippen molar-refractivity contribution in [3.63, 3.8) is 0 Å². The molecule has 26 heavy (non-hydrogen) atoms. The zero-order valence-electron chi connectivity index (χ0n) is 14.2. The summed E-state index contributed by atoms with van der Waals surface area (Å²) in [5.41, 5.74) is -0.118. The van der Waals surface area contributed by atoms with E-state index in [1.54, 1.807) is 0 Å². The molecule has 0 aliphatic carbocycles. The summed E-state index contributed by atoms with van der Waals surface area (Å²) in [7, 11) is 2.84. The summed E-state index contributed by atoms with van der Waals surface area (Å²) >= 11 is 7.01. The maximum atomic E-state index is 14.3. The van der Waals surface area contributed by atoms with E-state index in [-0.39, 0.29) is 21.6 Å². The molecule has 0 aliphatic heterocycles. The molecule has 1 heterocycles. The van der Waals surface area contributed by atoms with E-state index in [0.717, 1.165) is 22.3 Å². The maximum absolute atomic E-state index is 14.3. The molecule has 7 nitrogen and oxygen atoms in total. The molecule has 1 aromatic heterocycles. The van der Waals surface area contributed by atoms with Gasteiger partial charge in [-0.15, -0.1) is 0 Å². The van der Waals surface area contributed by atoms with Gasteiger partial charge in [0.15, 0.2) is 5.13 Å². The standard InChI is InChI=1S/C16H16ClFN4O3S/c1-8(23)22(3)13(12-9(17)5-4-6-10(12)18)15(25)21-16-20-7-11(26-16)14(24)19-2/h4-7,13H,1-3H3,(H,19,24)(H,20,21,25). The zero-order chi connectivity index (χ0) is 19.4. The monoisotopic (exact) mass is 398 g/mol. The Morgan fingerprint density at radius 3 is 2.62 bits per heavy atom. The van der Waals surface area contributed by atoms with Crippen molar-refractivity contribution in [2.24, 2.45) is 0 Å². The van der Waals surface area contributed by atoms with Gasteiger partial charge in [-0.3, -0.25) is 19.7 Å². The van der Waals surface area contributed by atoms with Crippen molar-refractivity contribution in [3.05, 3.63) is 45.7 Å². The van der Waals surface area contributed by atoms with Gasteiger partial charge in [-0.2, -0.15) is 0 Å². The highest BCUT2D eigenvalue weighted by Crippen LogP contribution is 2.31. The maximum Gasteiger partial charge on any atom is 0.262 e. The van der Waals surface area contributed by atoms with E-state index in [2.05, 4.69) is 15.6 Å². The van der Waals surface area contributed by atoms with Crippen molar-refractivity contribution in [2.75, 3.05) is 19.4 Å². The molecule has 0 fully saturated rings. The molecule has 0 saturated carbocycles. The molecule has 1 aromatic carbocycles. The van der Waals surface area contributed by atoms with Crippen LogP contribution in [0.3, 0.4) is 0 Å². The van der Waals surface area contributed by atoms with Gasteiger partial charge in [0.05, 0.1) is 6.20 Å². The van der Waals surface area contributed by atoms with Crippen molar-refractivity contribution in [1.82, 2.24) is 15.2 Å². The third kappa shape index (κ3) is 4.17. The lowest BCUT2D eigenvalue weighted by atomic mass is 10.0. The van der Waals surface area contributed by atoms with E-state index in [9.17, 15) is 18.8 Å². The molecular formula is C16H16ClFN4O3S. The predicted octanol–water partition coefficient (Wildman–Crippen LogP) is 2.45. The van der Waals surface area contributed by atoms with Crippen molar-refractivity contribution in [3.8, 4) is 0 Å². The lowest BCUT2D eigenvalue weighted by Crippen LogP contribution is -2.38. The minimum atomic E-state index is -1.30. The number of thiazole rings is 1. The highest BCUT2D eigenvalue weighted by atomic mass is 35.5. The number of likely N-dealkylation sites (N-methyl/N-ethyl adjacent to an activating group) is 1. The molecule has 2 aromatic rings. The Morgan fingerprint density at radius 1 is 1.35 bits per heavy atom. The quantitative estimate of drug-likeness (QED) is 0.809. The van der Waals surface area contributed by atoms with Crippen LogP contribution in [0.4, 0.5) is 9.52 Å². The van der Waals surface area contributed by atoms with Gasteiger partial charge in [-0.25, -0.2) is 9.37 Å². The minimum absolute atomic E-state index is 0.0171. The molecule has 1 atom stereocenters. The molecule has 2 N–H and O–H groups in total. The van der Waals surface area contributed by atoms with E-state index in [4.69, 9.17) is 11.6 Å². The highest BCUT2D eigenvalue weighted by molar-refractivity contribution is 7.17. The molecule has 0 aliphatic rings. The summed E-state index contributed by atoms with van der Waals surface area (Å²) in [4.78, 5) is 41.4. The molecule has 10 heteroatoms. The van der Waals surface area contributed by atoms with Crippen LogP contribution in [0.5, 0.6) is 0 Å². The van der Waals surface area contributed by atoms with Crippen LogP contribution in [-0.2, 0) is 9.59 Å². The number of hydrogen-bond donors (Lipinski definition) is 2. The van der Waals surface area contributed by atoms with Crippen LogP contribution in [0.25, 0.3) is 0 Å². The van der Waals surface area contributed by atoms with Crippen molar-refractivity contribution >= 4 is 45.8 Å². The largest absolute Gasteiger partial charge is 0.354 e. The molecule has 0 radical (unpaired) electrons. The summed E-state index contributed by atoms with van der Waals surface area (Å²) in [5.74, 6) is -2.21. The number of benzene rings is 1. The predicted molar refractivity (Wildman–Crippen MR) is 96.7 cm³/mol. The van der Waals surface area contributed by atoms with Crippen LogP contribution < -0.4 is 10.6 Å². The fraction of sp³-hybridized carbons (Fsp3) is 0.250. The van der Waals surface area contributed by atoms with Crippen LogP contribution >= 0.6 is 22.9 Å². The number of rotatable bonds is 5. The first-order valence-corrected chi connectivity index (χ1v) is 8.61. The Bertz CT molecular complexity index is 838. The van der Waals surface area contributed by atoms with Gasteiger partial charge in [0, 0.05) is 31.6 Å². The third-order valence-electron chi connectivity index (χ3n) is 3.59. The van der Waals surface area contributed by atoms with Crippen LogP contribution in [0.15, 0.2) is 24.4 Å². The number of anilines is 1. The molecule has 0 saturated heterocycles. The highest BCUT2D eigenvalue weighted by Gasteiger charge is 2.32. The van der Waals surface area contributed by atoms with E-state index in [1.807, 2.05) is 0 Å². The summed E-state index contributed by atoms with van der Waals surface area (Å²) < 4.78 is 14.3. The smallest absolute Gasteiger partial charge is 0.262 e. The Kier molecular flexibility index (Phi) is 6.27. The summed E-state index contributed by atoms with van der Waals surface area (Å²) in [6.45, 7) is 1.25. The van der Waals surface area contributed by atoms with Gasteiger partial charge in [-0.1, -0.05) is 29.0 Å². The number of hydrogen-bond acceptors (Lipinski definition) is 5. The van der Waals surface area contributed by atoms with Gasteiger partial charge in [0.1, 0.15) is 16.7 Å². The first-order chi connectivity index (χ1) is 12.3. The van der Waals surface area contributed by atoms with E-state index in [0.29, 0.717) is 4.88 Å². The Balaban J connectivity index is 2.37. The van der Waals surface area contributed by atoms with Gasteiger partial charge in [-0.05, 0) is 12.1 Å². The molecule has 0 spiro atoms. The average Bonchev–Trinajstić information content (AvgIpc) is 3.05. The average molecular weight is 399 g/mol. The van der Waals surface area contributed by atoms with Crippen molar-refractivity contribution < 1.29 is 18.8 Å². The number of halogens is 2. The van der Waals surface area contributed by atoms with Gasteiger partial charge in [0.2, 0.25) is 5.91 Å². The van der Waals surface area contributed by atoms with E-state index in [1.165, 1.54) is 39.3 Å². The Hall–Kier alpha value is -2.52. The molecule has 3 amide bonds. The molecule has 0 bridgehead atoms. The first kappa shape index (κ1) is 19.8. The van der Waals surface area contributed by atoms with Crippen LogP contribution in [0.1, 0.15) is 28.2 Å². The number of nitrogens with one attached hydrogen (secondary N) is 2. The van der Waals surface area contributed by atoms with Gasteiger partial charge in [0.25, 0.3) is 11.8 Å². The fourth-order valence-corrected chi connectivity index (χ4v) is 3.22. The molecule has 138 valence electrons. The molecule has 1 unspecified atom stereocenters. The number of nitrogens with zero attached hydrogens (tertiary/aromatic N) is 2. The third-order valence-corrected chi connectivity index (χ3v) is 4.83. The Labute approximate surface area is 158 Å². The SMILES string of the molecule is CNC(=O)c1cnc(NC(=O)C(c2c(F)cccc2Cl)N(C)C(C)=O)s1. The van der Waals surface area contributed by atoms with Crippen molar-refractivity contribution in [1.29, 1.82) is 0 Å². The van der Waals surface area contributed by atoms with Gasteiger partial charge < -0.3 is 10.2 Å². The topological polar surface area (TPSA) is 91.4 Å². The summed E-state index contributed by atoms with van der Waals surface area (Å²) in [6, 6.07) is 2.69. The van der Waals surface area contributed by atoms with Crippen LogP contribution in [-0.4, -0.2) is 41.7 Å². The van der Waals surface area contributed by atoms with Gasteiger partial charge >= 0.3 is 0 Å². The fourth-order valence-electron chi connectivity index (χ4n) is 2.19. The van der Waals surface area contributed by atoms with E-state index >= 15 is 0 Å². The number of amides is 3. The van der Waals surface area contributed by atoms with E-state index < -0.39 is 23.7 Å². The molecule has 2 rings (SSSR count). The lowest BCUT2D eigenvalue weighted by Gasteiger charge is -2.27. The van der Waals surface area contributed by atoms with Crippen molar-refractivity contribution in [2.45, 2.75) is 13.0 Å². The second kappa shape index (κ2) is 8.24. The normalized spacial score (nSPS) is 11.6. The summed E-state index contributed by atoms with van der Waals surface area (Å²) in [5, 5.41) is 5.10. The first-order valence-electron chi connectivity index (χ1n) is 7.42. The second-order valence-corrected chi connectivity index (χ2v) is 6.70. The molecular weight excluding hydrogens is 383 g/mol. The lowest BCUT2D eigenvalue weighted by molar-refractivity contribution is -0.135. The number of aromatic nitrogens is 1. The second-order valence-electron chi connectivity index (χ2n) is 5.27. The number of carbonyl (C=O) groups excluding carboxylic acids is 3. The number of carbonyl (C=O) groups is 3.